The van der Waals surface area contributed by atoms with Crippen molar-refractivity contribution in [1.29, 1.82) is 0 Å². The smallest absolute Gasteiger partial charge is 0.415 e. The van der Waals surface area contributed by atoms with Crippen LogP contribution in [0.4, 0.5) is 4.79 Å². The summed E-state index contributed by atoms with van der Waals surface area (Å²) in [5.41, 5.74) is 0.409. The van der Waals surface area contributed by atoms with Crippen LogP contribution in [0.5, 0.6) is 11.6 Å². The van der Waals surface area contributed by atoms with Crippen molar-refractivity contribution in [3.05, 3.63) is 72.4 Å². The highest BCUT2D eigenvalue weighted by atomic mass is 16.6. The number of piperazine rings is 1. The van der Waals surface area contributed by atoms with E-state index in [1.165, 1.54) is 25.4 Å². The number of rotatable bonds is 13. The molecule has 1 saturated carbocycles. The predicted molar refractivity (Wildman–Crippen MR) is 188 cm³/mol. The molecule has 0 spiro atoms. The molecule has 1 aliphatic carbocycles. The van der Waals surface area contributed by atoms with E-state index in [9.17, 15) is 33.9 Å². The third-order valence-electron chi connectivity index (χ3n) is 9.63. The van der Waals surface area contributed by atoms with Gasteiger partial charge >= 0.3 is 12.1 Å². The molecule has 53 heavy (non-hydrogen) atoms. The molecule has 2 saturated heterocycles. The van der Waals surface area contributed by atoms with E-state index in [1.54, 1.807) is 60.7 Å². The number of nitrogens with one attached hydrogen (secondary N) is 2. The van der Waals surface area contributed by atoms with Crippen molar-refractivity contribution in [2.45, 2.75) is 63.1 Å². The minimum Gasteiger partial charge on any atom is -0.481 e. The van der Waals surface area contributed by atoms with Crippen LogP contribution in [0.3, 0.4) is 0 Å². The quantitative estimate of drug-likeness (QED) is 0.235. The average Bonchev–Trinajstić information content (AvgIpc) is 3.83. The van der Waals surface area contributed by atoms with Crippen LogP contribution in [-0.4, -0.2) is 123 Å². The fraction of sp³-hybridized carbons (Fsp3) is 0.432. The zero-order chi connectivity index (χ0) is 37.3. The Hall–Kier alpha value is -5.93. The summed E-state index contributed by atoms with van der Waals surface area (Å²) >= 11 is 0. The monoisotopic (exact) mass is 729 g/mol. The minimum absolute atomic E-state index is 0.0799. The second-order valence-electron chi connectivity index (χ2n) is 13.2. The predicted octanol–water partition coefficient (Wildman–Crippen LogP) is 2.22. The van der Waals surface area contributed by atoms with E-state index in [2.05, 4.69) is 15.7 Å². The summed E-state index contributed by atoms with van der Waals surface area (Å²) in [4.78, 5) is 82.1. The van der Waals surface area contributed by atoms with Crippen LogP contribution in [-0.2, 0) is 19.2 Å². The number of ether oxygens (including phenoxy) is 2. The first-order chi connectivity index (χ1) is 25.7. The maximum absolute atomic E-state index is 13.7. The number of aromatic nitrogens is 2. The number of benzene rings is 2. The van der Waals surface area contributed by atoms with Crippen molar-refractivity contribution in [3.63, 3.8) is 0 Å². The third-order valence-corrected chi connectivity index (χ3v) is 9.63. The molecule has 3 aromatic rings. The molecule has 2 aromatic carbocycles. The molecule has 6 rings (SSSR count). The van der Waals surface area contributed by atoms with Gasteiger partial charge in [0.15, 0.2) is 12.3 Å². The zero-order valence-corrected chi connectivity index (χ0v) is 29.2. The van der Waals surface area contributed by atoms with Gasteiger partial charge in [0.25, 0.3) is 11.8 Å². The number of carbonyl (C=O) groups is 6. The molecular weight excluding hydrogens is 686 g/mol. The fourth-order valence-corrected chi connectivity index (χ4v) is 6.48. The van der Waals surface area contributed by atoms with Gasteiger partial charge in [-0.3, -0.25) is 24.0 Å². The maximum Gasteiger partial charge on any atom is 0.415 e. The van der Waals surface area contributed by atoms with Crippen LogP contribution in [0.1, 0.15) is 55.4 Å². The molecule has 3 fully saturated rings. The summed E-state index contributed by atoms with van der Waals surface area (Å²) < 4.78 is 12.7. The SMILES string of the molecule is O=C(O)CC[C@H](NC(=O)c1cc(OCC(=O)N2CCC[C@H]2C(=O)NC2CCC2)n(-c2ccccc2)n1)C(=O)N1CCN(C(=O)Oc2ccccc2)CC1. The lowest BCUT2D eigenvalue weighted by Crippen LogP contribution is -2.56. The first-order valence-electron chi connectivity index (χ1n) is 17.9. The number of likely N-dealkylation sites (tertiary alicyclic amines) is 1. The summed E-state index contributed by atoms with van der Waals surface area (Å²) in [7, 11) is 0. The molecule has 2 atom stereocenters. The largest absolute Gasteiger partial charge is 0.481 e. The van der Waals surface area contributed by atoms with Gasteiger partial charge in [0.05, 0.1) is 5.69 Å². The van der Waals surface area contributed by atoms with Crippen LogP contribution in [0.25, 0.3) is 5.69 Å². The summed E-state index contributed by atoms with van der Waals surface area (Å²) in [5, 5.41) is 19.5. The van der Waals surface area contributed by atoms with Crippen molar-refractivity contribution in [2.75, 3.05) is 39.3 Å². The number of aliphatic carboxylic acids is 1. The van der Waals surface area contributed by atoms with Gasteiger partial charge in [-0.25, -0.2) is 9.48 Å². The first kappa shape index (κ1) is 36.8. The summed E-state index contributed by atoms with van der Waals surface area (Å²) in [6, 6.07) is 17.1. The van der Waals surface area contributed by atoms with Crippen molar-refractivity contribution < 1.29 is 43.3 Å². The van der Waals surface area contributed by atoms with E-state index < -0.39 is 42.6 Å². The molecule has 0 radical (unpaired) electrons. The summed E-state index contributed by atoms with van der Waals surface area (Å²) in [6.45, 7) is 0.683. The Balaban J connectivity index is 1.11. The minimum atomic E-state index is -1.20. The van der Waals surface area contributed by atoms with E-state index in [-0.39, 0.29) is 68.5 Å². The van der Waals surface area contributed by atoms with Crippen LogP contribution < -0.4 is 20.1 Å². The molecule has 0 unspecified atom stereocenters. The molecule has 5 amide bonds. The highest BCUT2D eigenvalue weighted by molar-refractivity contribution is 5.96. The van der Waals surface area contributed by atoms with Crippen molar-refractivity contribution in [3.8, 4) is 17.3 Å². The number of carboxylic acids is 1. The van der Waals surface area contributed by atoms with Crippen LogP contribution in [0.15, 0.2) is 66.7 Å². The Labute approximate surface area is 306 Å². The molecule has 1 aromatic heterocycles. The lowest BCUT2D eigenvalue weighted by atomic mass is 9.93. The number of amides is 5. The second-order valence-corrected chi connectivity index (χ2v) is 13.2. The van der Waals surface area contributed by atoms with Gasteiger partial charge in [-0.15, -0.1) is 0 Å². The van der Waals surface area contributed by atoms with Gasteiger partial charge in [0.1, 0.15) is 17.8 Å². The molecule has 3 heterocycles. The highest BCUT2D eigenvalue weighted by Crippen LogP contribution is 2.24. The normalized spacial score (nSPS) is 17.7. The molecule has 2 aliphatic heterocycles. The molecular formula is C37H43N7O9. The van der Waals surface area contributed by atoms with E-state index >= 15 is 0 Å². The second kappa shape index (κ2) is 17.1. The topological polar surface area (TPSA) is 193 Å². The Kier molecular flexibility index (Phi) is 11.9. The van der Waals surface area contributed by atoms with E-state index in [1.807, 2.05) is 0 Å². The fourth-order valence-electron chi connectivity index (χ4n) is 6.48. The van der Waals surface area contributed by atoms with Crippen LogP contribution in [0, 0.1) is 0 Å². The lowest BCUT2D eigenvalue weighted by molar-refractivity contribution is -0.140. The van der Waals surface area contributed by atoms with E-state index in [4.69, 9.17) is 9.47 Å². The van der Waals surface area contributed by atoms with Gasteiger partial charge in [-0.2, -0.15) is 5.10 Å². The number of hydrogen-bond acceptors (Lipinski definition) is 9. The van der Waals surface area contributed by atoms with E-state index in [0.29, 0.717) is 30.8 Å². The summed E-state index contributed by atoms with van der Waals surface area (Å²) in [5.74, 6) is -2.45. The number of nitrogens with zero attached hydrogens (tertiary/aromatic N) is 5. The molecule has 280 valence electrons. The summed E-state index contributed by atoms with van der Waals surface area (Å²) in [6.07, 6.45) is 3.09. The average molecular weight is 730 g/mol. The van der Waals surface area contributed by atoms with Gasteiger partial charge in [-0.1, -0.05) is 36.4 Å². The standard InChI is InChI=1S/C37H43N7O9/c45-31(43-18-8-15-30(43)35(49)38-25-9-7-10-25)24-52-32-23-29(40-44(32)26-11-3-1-4-12-26)34(48)39-28(16-17-33(46)47)36(50)41-19-21-42(22-20-41)37(51)53-27-13-5-2-6-14-27/h1-6,11-14,23,25,28,30H,7-10,15-22,24H2,(H,38,49)(H,39,48)(H,46,47)/t28-,30-/m0/s1. The van der Waals surface area contributed by atoms with Gasteiger partial charge in [0.2, 0.25) is 17.7 Å². The van der Waals surface area contributed by atoms with Gasteiger partial charge < -0.3 is 39.9 Å². The van der Waals surface area contributed by atoms with Crippen LogP contribution >= 0.6 is 0 Å². The lowest BCUT2D eigenvalue weighted by Gasteiger charge is -2.35. The zero-order valence-electron chi connectivity index (χ0n) is 29.2. The molecule has 16 heteroatoms. The molecule has 3 N–H and O–H groups in total. The molecule has 16 nitrogen and oxygen atoms in total. The van der Waals surface area contributed by atoms with E-state index in [0.717, 1.165) is 19.3 Å². The Morgan fingerprint density at radius 3 is 2.19 bits per heavy atom. The van der Waals surface area contributed by atoms with Crippen molar-refractivity contribution in [2.24, 2.45) is 0 Å². The van der Waals surface area contributed by atoms with Gasteiger partial charge in [0, 0.05) is 51.3 Å². The molecule has 3 aliphatic rings. The number of hydrogen-bond donors (Lipinski definition) is 3. The third kappa shape index (κ3) is 9.30. The molecule has 0 bridgehead atoms. The number of carboxylic acid groups (broad SMARTS) is 1. The van der Waals surface area contributed by atoms with Crippen LogP contribution in [0.2, 0.25) is 0 Å². The first-order valence-corrected chi connectivity index (χ1v) is 17.9. The number of para-hydroxylation sites is 2. The van der Waals surface area contributed by atoms with Crippen molar-refractivity contribution in [1.82, 2.24) is 35.1 Å². The Bertz CT molecular complexity index is 1790. The highest BCUT2D eigenvalue weighted by Gasteiger charge is 2.36. The maximum atomic E-state index is 13.7. The number of carbonyl (C=O) groups excluding carboxylic acids is 5. The Morgan fingerprint density at radius 1 is 0.849 bits per heavy atom. The Morgan fingerprint density at radius 2 is 1.53 bits per heavy atom. The van der Waals surface area contributed by atoms with Gasteiger partial charge in [-0.05, 0) is 62.8 Å². The van der Waals surface area contributed by atoms with Crippen molar-refractivity contribution >= 4 is 35.7 Å².